The number of methoxy groups -OCH3 is 1. The third-order valence-corrected chi connectivity index (χ3v) is 9.66. The van der Waals surface area contributed by atoms with Crippen LogP contribution in [-0.4, -0.2) is 75.7 Å². The van der Waals surface area contributed by atoms with E-state index in [9.17, 15) is 14.7 Å². The summed E-state index contributed by atoms with van der Waals surface area (Å²) in [5, 5.41) is 17.6. The van der Waals surface area contributed by atoms with Gasteiger partial charge < -0.3 is 24.4 Å². The van der Waals surface area contributed by atoms with Crippen molar-refractivity contribution in [2.45, 2.75) is 45.4 Å². The van der Waals surface area contributed by atoms with Crippen LogP contribution in [0, 0.1) is 6.92 Å². The van der Waals surface area contributed by atoms with Crippen LogP contribution in [0.25, 0.3) is 42.8 Å². The van der Waals surface area contributed by atoms with Crippen molar-refractivity contribution in [1.82, 2.24) is 19.7 Å². The summed E-state index contributed by atoms with van der Waals surface area (Å²) in [4.78, 5) is 33.5. The van der Waals surface area contributed by atoms with Gasteiger partial charge in [0.05, 0.1) is 34.5 Å². The Kier molecular flexibility index (Phi) is 8.20. The molecular formula is C34H36ClN5O5S. The number of carboxylic acids is 1. The lowest BCUT2D eigenvalue weighted by molar-refractivity contribution is -0.160. The molecule has 0 radical (unpaired) electrons. The van der Waals surface area contributed by atoms with E-state index in [4.69, 9.17) is 31.2 Å². The maximum absolute atomic E-state index is 12.7. The largest absolute Gasteiger partial charge is 0.479 e. The lowest BCUT2D eigenvalue weighted by atomic mass is 9.91. The summed E-state index contributed by atoms with van der Waals surface area (Å²) >= 11 is 7.77. The van der Waals surface area contributed by atoms with Gasteiger partial charge in [0.15, 0.2) is 11.9 Å². The average Bonchev–Trinajstić information content (AvgIpc) is 3.54. The molecular weight excluding hydrogens is 626 g/mol. The number of anilines is 1. The first-order valence-corrected chi connectivity index (χ1v) is 16.1. The second-order valence-corrected chi connectivity index (χ2v) is 14.1. The molecule has 0 unspecified atom stereocenters. The third kappa shape index (κ3) is 5.78. The number of carbonyl (C=O) groups is 2. The van der Waals surface area contributed by atoms with E-state index >= 15 is 0 Å². The number of fused-ring (bicyclic) bond motifs is 2. The van der Waals surface area contributed by atoms with Gasteiger partial charge in [-0.3, -0.25) is 4.68 Å². The Morgan fingerprint density at radius 2 is 1.78 bits per heavy atom. The average molecular weight is 662 g/mol. The highest BCUT2D eigenvalue weighted by Crippen LogP contribution is 2.45. The highest BCUT2D eigenvalue weighted by Gasteiger charge is 2.36. The van der Waals surface area contributed by atoms with Crippen LogP contribution in [0.3, 0.4) is 0 Å². The lowest BCUT2D eigenvalue weighted by Crippen LogP contribution is -2.60. The van der Waals surface area contributed by atoms with E-state index < -0.39 is 17.7 Å². The number of benzene rings is 3. The van der Waals surface area contributed by atoms with Crippen molar-refractivity contribution in [3.05, 3.63) is 64.7 Å². The summed E-state index contributed by atoms with van der Waals surface area (Å²) in [7, 11) is 5.05. The number of likely N-dealkylation sites (N-methyl/N-ethyl adjacent to an activating group) is 1. The Morgan fingerprint density at radius 3 is 2.41 bits per heavy atom. The molecule has 1 aliphatic rings. The van der Waals surface area contributed by atoms with Crippen LogP contribution < -0.4 is 4.90 Å². The zero-order valence-corrected chi connectivity index (χ0v) is 28.4. The van der Waals surface area contributed by atoms with Crippen molar-refractivity contribution in [3.63, 3.8) is 0 Å². The van der Waals surface area contributed by atoms with Crippen LogP contribution in [0.1, 0.15) is 38.0 Å². The van der Waals surface area contributed by atoms with Crippen LogP contribution in [-0.2, 0) is 21.3 Å². The number of carboxylic acid groups (broad SMARTS) is 1. The number of aryl methyl sites for hydroxylation is 2. The summed E-state index contributed by atoms with van der Waals surface area (Å²) < 4.78 is 13.8. The Morgan fingerprint density at radius 1 is 1.11 bits per heavy atom. The first kappa shape index (κ1) is 31.8. The number of amides is 1. The van der Waals surface area contributed by atoms with Crippen molar-refractivity contribution >= 4 is 61.9 Å². The van der Waals surface area contributed by atoms with E-state index in [0.29, 0.717) is 23.7 Å². The number of aromatic nitrogens is 3. The van der Waals surface area contributed by atoms with Crippen molar-refractivity contribution in [2.75, 3.05) is 32.1 Å². The summed E-state index contributed by atoms with van der Waals surface area (Å²) in [5.41, 5.74) is 4.97. The first-order valence-electron chi connectivity index (χ1n) is 14.9. The van der Waals surface area contributed by atoms with Gasteiger partial charge in [0.2, 0.25) is 0 Å². The normalized spacial score (nSPS) is 14.5. The van der Waals surface area contributed by atoms with Crippen LogP contribution in [0.5, 0.6) is 0 Å². The van der Waals surface area contributed by atoms with E-state index in [1.54, 1.807) is 24.1 Å². The molecule has 1 atom stereocenters. The number of nitrogens with zero attached hydrogens (tertiary/aromatic N) is 5. The number of hydrogen-bond donors (Lipinski definition) is 1. The van der Waals surface area contributed by atoms with Crippen molar-refractivity contribution in [2.24, 2.45) is 7.05 Å². The predicted molar refractivity (Wildman–Crippen MR) is 182 cm³/mol. The highest BCUT2D eigenvalue weighted by atomic mass is 35.5. The molecule has 10 nitrogen and oxygen atoms in total. The molecule has 0 spiro atoms. The fourth-order valence-corrected chi connectivity index (χ4v) is 7.19. The summed E-state index contributed by atoms with van der Waals surface area (Å²) in [6.07, 6.45) is -1.54. The minimum atomic E-state index is -1.19. The molecule has 0 bridgehead atoms. The zero-order chi connectivity index (χ0) is 33.1. The zero-order valence-electron chi connectivity index (χ0n) is 26.8. The van der Waals surface area contributed by atoms with E-state index in [0.717, 1.165) is 54.2 Å². The van der Waals surface area contributed by atoms with E-state index in [1.165, 1.54) is 18.4 Å². The summed E-state index contributed by atoms with van der Waals surface area (Å²) in [5.74, 6) is -0.212. The van der Waals surface area contributed by atoms with Gasteiger partial charge in [-0.15, -0.1) is 11.3 Å². The molecule has 1 N–H and O–H groups in total. The minimum absolute atomic E-state index is 0.0394. The number of carbonyl (C=O) groups excluding carboxylic acids is 1. The van der Waals surface area contributed by atoms with Gasteiger partial charge in [0.1, 0.15) is 5.01 Å². The van der Waals surface area contributed by atoms with Crippen LogP contribution >= 0.6 is 22.9 Å². The van der Waals surface area contributed by atoms with Gasteiger partial charge in [-0.05, 0) is 75.2 Å². The first-order chi connectivity index (χ1) is 21.8. The monoisotopic (exact) mass is 661 g/mol. The highest BCUT2D eigenvalue weighted by molar-refractivity contribution is 7.22. The van der Waals surface area contributed by atoms with Gasteiger partial charge in [0, 0.05) is 54.3 Å². The molecule has 1 fully saturated rings. The maximum Gasteiger partial charge on any atom is 0.409 e. The van der Waals surface area contributed by atoms with Crippen LogP contribution in [0.4, 0.5) is 10.6 Å². The van der Waals surface area contributed by atoms with Gasteiger partial charge in [-0.2, -0.15) is 5.10 Å². The van der Waals surface area contributed by atoms with E-state index in [-0.39, 0.29) is 12.1 Å². The Hall–Kier alpha value is -4.19. The number of halogens is 1. The Balaban J connectivity index is 1.46. The molecule has 1 amide bonds. The third-order valence-electron chi connectivity index (χ3n) is 8.27. The fraction of sp³-hybridized carbons (Fsp3) is 0.353. The molecule has 240 valence electrons. The number of hydrogen-bond acceptors (Lipinski definition) is 8. The smallest absolute Gasteiger partial charge is 0.409 e. The molecule has 3 heterocycles. The van der Waals surface area contributed by atoms with Gasteiger partial charge in [-0.1, -0.05) is 23.7 Å². The summed E-state index contributed by atoms with van der Waals surface area (Å²) in [6.45, 7) is 8.76. The molecule has 12 heteroatoms. The minimum Gasteiger partial charge on any atom is -0.479 e. The molecule has 1 saturated heterocycles. The Bertz CT molecular complexity index is 1970. The topological polar surface area (TPSA) is 110 Å². The maximum atomic E-state index is 12.7. The second kappa shape index (κ2) is 11.9. The van der Waals surface area contributed by atoms with Crippen LogP contribution in [0.15, 0.2) is 48.5 Å². The Labute approximate surface area is 276 Å². The molecule has 46 heavy (non-hydrogen) atoms. The molecule has 0 aliphatic carbocycles. The van der Waals surface area contributed by atoms with Gasteiger partial charge in [-0.25, -0.2) is 14.6 Å². The molecule has 2 aromatic heterocycles. The molecule has 3 aromatic carbocycles. The van der Waals surface area contributed by atoms with Crippen molar-refractivity contribution < 1.29 is 24.2 Å². The lowest BCUT2D eigenvalue weighted by Gasteiger charge is -2.43. The van der Waals surface area contributed by atoms with Crippen molar-refractivity contribution in [3.8, 4) is 21.7 Å². The number of rotatable bonds is 7. The van der Waals surface area contributed by atoms with Gasteiger partial charge in [0.25, 0.3) is 0 Å². The number of ether oxygens (including phenoxy) is 2. The van der Waals surface area contributed by atoms with E-state index in [2.05, 4.69) is 11.0 Å². The molecule has 6 rings (SSSR count). The fourth-order valence-electron chi connectivity index (χ4n) is 5.94. The molecule has 5 aromatic rings. The summed E-state index contributed by atoms with van der Waals surface area (Å²) in [6, 6.07) is 15.6. The quantitative estimate of drug-likeness (QED) is 0.193. The van der Waals surface area contributed by atoms with Crippen molar-refractivity contribution in [1.29, 1.82) is 0 Å². The second-order valence-electron chi connectivity index (χ2n) is 12.6. The predicted octanol–water partition coefficient (Wildman–Crippen LogP) is 7.31. The number of thiazole rings is 1. The number of aliphatic carboxylic acids is 1. The van der Waals surface area contributed by atoms with Gasteiger partial charge >= 0.3 is 12.1 Å². The molecule has 0 saturated carbocycles. The SMILES string of the molecule is COC(=O)N(C)C1CN(c2nn(C)c3ccc(-c4nc5cc(C)c([C@H](OC(C)(C)C)C(=O)O)c(-c6ccc(Cl)cc6)c5s4)cc23)C1. The van der Waals surface area contributed by atoms with Crippen LogP contribution in [0.2, 0.25) is 5.02 Å². The molecule has 1 aliphatic heterocycles. The van der Waals surface area contributed by atoms with E-state index in [1.807, 2.05) is 69.8 Å². The standard InChI is InChI=1S/C34H36ClN5O5S/c1-18-14-24-29(27(19-8-11-21(35)12-9-19)26(18)28(32(41)42)45-34(2,3)4)46-31(36-24)20-10-13-25-23(15-20)30(37-39(25)6)40-16-22(17-40)38(5)33(43)44-7/h8-15,22,28H,16-17H2,1-7H3,(H,41,42)/t28-/m0/s1.